The van der Waals surface area contributed by atoms with Crippen LogP contribution in [-0.4, -0.2) is 168 Å². The molecule has 1 aliphatic carbocycles. The van der Waals surface area contributed by atoms with Gasteiger partial charge in [0.1, 0.15) is 64.4 Å². The fourth-order valence-corrected chi connectivity index (χ4v) is 8.07. The number of nitrogens with one attached hydrogen (secondary N) is 4. The predicted molar refractivity (Wildman–Crippen MR) is 264 cm³/mol. The minimum absolute atomic E-state index is 0.119. The number of ether oxygens (including phenoxy) is 12. The van der Waals surface area contributed by atoms with E-state index in [0.29, 0.717) is 5.57 Å². The topological polar surface area (TPSA) is 299 Å². The first-order chi connectivity index (χ1) is 34.1. The summed E-state index contributed by atoms with van der Waals surface area (Å²) in [4.78, 5) is 109. The average Bonchev–Trinajstić information content (AvgIpc) is 3.18. The summed E-state index contributed by atoms with van der Waals surface area (Å²) >= 11 is 0. The molecule has 1 saturated heterocycles. The highest BCUT2D eigenvalue weighted by Crippen LogP contribution is 2.37. The Morgan fingerprint density at radius 2 is 0.933 bits per heavy atom. The van der Waals surface area contributed by atoms with E-state index in [1.807, 2.05) is 0 Å². The van der Waals surface area contributed by atoms with E-state index < -0.39 is 150 Å². The van der Waals surface area contributed by atoms with Crippen LogP contribution in [0, 0.1) is 0 Å². The number of hydrogen-bond acceptors (Lipinski definition) is 20. The molecular weight excluding hydrogens is 991 g/mol. The van der Waals surface area contributed by atoms with Gasteiger partial charge in [0.15, 0.2) is 18.5 Å². The molecule has 0 aromatic heterocycles. The van der Waals surface area contributed by atoms with E-state index in [4.69, 9.17) is 56.8 Å². The zero-order valence-electron chi connectivity index (χ0n) is 47.2. The first kappa shape index (κ1) is 63.5. The van der Waals surface area contributed by atoms with Gasteiger partial charge in [-0.3, -0.25) is 14.4 Å². The lowest BCUT2D eigenvalue weighted by Gasteiger charge is -2.52. The molecule has 2 heterocycles. The summed E-state index contributed by atoms with van der Waals surface area (Å²) in [6.45, 7) is 29.2. The van der Waals surface area contributed by atoms with Crippen LogP contribution in [0.25, 0.3) is 0 Å². The lowest BCUT2D eigenvalue weighted by atomic mass is 9.80. The van der Waals surface area contributed by atoms with Crippen molar-refractivity contribution in [2.24, 2.45) is 0 Å². The molecule has 2 fully saturated rings. The molecule has 12 atom stereocenters. The van der Waals surface area contributed by atoms with E-state index in [1.165, 1.54) is 18.2 Å². The Morgan fingerprint density at radius 1 is 0.533 bits per heavy atom. The molecular formula is C50H83N5O20. The Morgan fingerprint density at radius 3 is 1.37 bits per heavy atom. The molecule has 4 N–H and O–H groups in total. The smallest absolute Gasteiger partial charge is 0.410 e. The van der Waals surface area contributed by atoms with Crippen LogP contribution in [0.5, 0.6) is 0 Å². The molecule has 3 rings (SSSR count). The fraction of sp³-hybridized carbons (Fsp3) is 0.800. The third-order valence-corrected chi connectivity index (χ3v) is 10.5. The number of esters is 3. The fourth-order valence-electron chi connectivity index (χ4n) is 8.07. The number of alkyl carbamates (subject to hydrolysis) is 4. The van der Waals surface area contributed by atoms with E-state index >= 15 is 0 Å². The molecule has 0 spiro atoms. The second kappa shape index (κ2) is 25.3. The summed E-state index contributed by atoms with van der Waals surface area (Å²) in [5.74, 6) is -2.76. The van der Waals surface area contributed by atoms with Crippen molar-refractivity contribution in [3.05, 3.63) is 11.8 Å². The van der Waals surface area contributed by atoms with Gasteiger partial charge in [-0.05, 0) is 129 Å². The lowest BCUT2D eigenvalue weighted by Crippen LogP contribution is -2.75. The summed E-state index contributed by atoms with van der Waals surface area (Å²) in [5, 5.41) is 10.8. The number of amides is 5. The molecule has 75 heavy (non-hydrogen) atoms. The number of likely N-dealkylation sites (N-methyl/N-ethyl adjacent to an activating group) is 1. The maximum atomic E-state index is 14.0. The second-order valence-electron chi connectivity index (χ2n) is 23.5. The highest BCUT2D eigenvalue weighted by Gasteiger charge is 2.60. The number of carbonyl (C=O) groups excluding carboxylic acids is 8. The lowest BCUT2D eigenvalue weighted by molar-refractivity contribution is -0.295. The first-order valence-corrected chi connectivity index (χ1v) is 24.8. The van der Waals surface area contributed by atoms with E-state index in [-0.39, 0.29) is 19.4 Å². The summed E-state index contributed by atoms with van der Waals surface area (Å²) < 4.78 is 72.2. The van der Waals surface area contributed by atoms with Gasteiger partial charge >= 0.3 is 48.4 Å². The molecule has 25 nitrogen and oxygen atoms in total. The summed E-state index contributed by atoms with van der Waals surface area (Å²) in [5.41, 5.74) is -4.63. The molecule has 1 saturated carbocycles. The minimum Gasteiger partial charge on any atom is -0.468 e. The van der Waals surface area contributed by atoms with Gasteiger partial charge in [-0.25, -0.2) is 24.0 Å². The van der Waals surface area contributed by atoms with Gasteiger partial charge in [0.2, 0.25) is 6.29 Å². The first-order valence-electron chi connectivity index (χ1n) is 24.8. The van der Waals surface area contributed by atoms with Crippen LogP contribution in [0.2, 0.25) is 0 Å². The molecule has 0 aromatic rings. The SMILES string of the molecule is CC(=O)OC1[C@@H](NC(=O)OC(C)(C)C)C(O[C@H]2O[C@H](CNC(=O)OC(C)(C)C)CCC2NC(=O)OC(C)(C)C)C(OC(C)=O)[C@@H](O[C@H]2OC=C(C)[C@H](N(C)C(=O)OC(C)(C)C)C2OC(C)=O)[C@@H]1NC(=O)OC(C)(C)C. The monoisotopic (exact) mass is 1070 g/mol. The average molecular weight is 1070 g/mol. The number of rotatable bonds is 13. The molecule has 3 aliphatic rings. The Bertz CT molecular complexity index is 2070. The number of nitrogens with zero attached hydrogens (tertiary/aromatic N) is 1. The van der Waals surface area contributed by atoms with E-state index in [1.54, 1.807) is 111 Å². The predicted octanol–water partition coefficient (Wildman–Crippen LogP) is 5.77. The minimum atomic E-state index is -1.84. The Balaban J connectivity index is 2.42. The van der Waals surface area contributed by atoms with E-state index in [2.05, 4.69) is 21.3 Å². The van der Waals surface area contributed by atoms with Crippen molar-refractivity contribution in [2.45, 2.75) is 246 Å². The molecule has 25 heteroatoms. The largest absolute Gasteiger partial charge is 0.468 e. The van der Waals surface area contributed by atoms with Crippen LogP contribution in [-0.2, 0) is 71.2 Å². The molecule has 428 valence electrons. The van der Waals surface area contributed by atoms with Crippen molar-refractivity contribution in [2.75, 3.05) is 13.6 Å². The van der Waals surface area contributed by atoms with Gasteiger partial charge in [-0.1, -0.05) is 0 Å². The second-order valence-corrected chi connectivity index (χ2v) is 23.5. The molecule has 5 unspecified atom stereocenters. The summed E-state index contributed by atoms with van der Waals surface area (Å²) in [6.07, 6.45) is -16.0. The van der Waals surface area contributed by atoms with Gasteiger partial charge in [0.25, 0.3) is 0 Å². The van der Waals surface area contributed by atoms with Crippen molar-refractivity contribution in [1.29, 1.82) is 0 Å². The number of hydrogen-bond donors (Lipinski definition) is 4. The van der Waals surface area contributed by atoms with Gasteiger partial charge < -0.3 is 83.0 Å². The Labute approximate surface area is 440 Å². The molecule has 5 amide bonds. The van der Waals surface area contributed by atoms with Gasteiger partial charge in [0.05, 0.1) is 18.4 Å². The maximum absolute atomic E-state index is 14.0. The molecule has 0 bridgehead atoms. The van der Waals surface area contributed by atoms with Crippen molar-refractivity contribution in [1.82, 2.24) is 26.2 Å². The standard InChI is InChI=1S/C50H83N5O20/c1-25-24-64-40(37(66-27(3)57)33(25)55(20)45(63)75-50(17,18)19)70-36-32(54-44(62)74-49(14,15)16)34(65-26(2)56)31(53-43(61)73-48(11,12)13)35(38(36)67-28(4)58)69-39-30(52-42(60)72-47(8,9)10)22-21-29(68-39)23-51-41(59)71-46(5,6)7/h24,29-40H,21-23H2,1-20H3,(H,51,59)(H,52,60)(H,53,61)(H,54,62)/t29-,30?,31+,32+,33-,34?,35?,36-,37?,38?,39+,40+/m0/s1. The van der Waals surface area contributed by atoms with E-state index in [0.717, 1.165) is 20.8 Å². The van der Waals surface area contributed by atoms with Crippen LogP contribution in [0.15, 0.2) is 11.8 Å². The highest BCUT2D eigenvalue weighted by molar-refractivity contribution is 5.72. The van der Waals surface area contributed by atoms with Crippen molar-refractivity contribution in [3.63, 3.8) is 0 Å². The zero-order valence-corrected chi connectivity index (χ0v) is 47.2. The normalized spacial score (nSPS) is 27.3. The van der Waals surface area contributed by atoms with Crippen molar-refractivity contribution in [3.8, 4) is 0 Å². The molecule has 2 aliphatic heterocycles. The van der Waals surface area contributed by atoms with Crippen LogP contribution in [0.3, 0.4) is 0 Å². The summed E-state index contributed by atoms with van der Waals surface area (Å²) in [7, 11) is 1.40. The van der Waals surface area contributed by atoms with Gasteiger partial charge in [-0.2, -0.15) is 0 Å². The molecule has 0 radical (unpaired) electrons. The quantitative estimate of drug-likeness (QED) is 0.126. The van der Waals surface area contributed by atoms with Crippen LogP contribution in [0.4, 0.5) is 24.0 Å². The van der Waals surface area contributed by atoms with Crippen molar-refractivity contribution >= 4 is 48.4 Å². The van der Waals surface area contributed by atoms with Crippen LogP contribution < -0.4 is 21.3 Å². The Kier molecular flexibility index (Phi) is 21.5. The van der Waals surface area contributed by atoms with Crippen molar-refractivity contribution < 1.29 is 95.2 Å². The highest BCUT2D eigenvalue weighted by atomic mass is 16.7. The third-order valence-electron chi connectivity index (χ3n) is 10.5. The third kappa shape index (κ3) is 21.4. The van der Waals surface area contributed by atoms with Gasteiger partial charge in [-0.15, -0.1) is 0 Å². The van der Waals surface area contributed by atoms with Crippen LogP contribution >= 0.6 is 0 Å². The van der Waals surface area contributed by atoms with Gasteiger partial charge in [0, 0.05) is 34.4 Å². The zero-order chi connectivity index (χ0) is 57.3. The van der Waals surface area contributed by atoms with E-state index in [9.17, 15) is 38.4 Å². The Hall–Kier alpha value is -5.82. The van der Waals surface area contributed by atoms with Crippen LogP contribution in [0.1, 0.15) is 144 Å². The number of carbonyl (C=O) groups is 8. The molecule has 0 aromatic carbocycles. The maximum Gasteiger partial charge on any atom is 0.410 e. The summed E-state index contributed by atoms with van der Waals surface area (Å²) in [6, 6.07) is -5.62.